The zero-order valence-electron chi connectivity index (χ0n) is 10.7. The van der Waals surface area contributed by atoms with Crippen LogP contribution < -0.4 is 5.32 Å². The molecule has 0 radical (unpaired) electrons. The van der Waals surface area contributed by atoms with Gasteiger partial charge in [-0.25, -0.2) is 0 Å². The lowest BCUT2D eigenvalue weighted by Gasteiger charge is -2.37. The standard InChI is InChI=1S/C14H20BrNOS/c1-18(17)8-4-7-16-12-9-11(10-12)13-5-2-3-6-14(13)15/h2-3,5-6,11-12,16H,4,7-10H2,1H3. The fraction of sp³-hybridized carbons (Fsp3) is 0.571. The minimum absolute atomic E-state index is 0.646. The van der Waals surface area contributed by atoms with Gasteiger partial charge in [0.15, 0.2) is 0 Å². The third-order valence-electron chi connectivity index (χ3n) is 3.52. The van der Waals surface area contributed by atoms with Crippen molar-refractivity contribution < 1.29 is 4.21 Å². The second kappa shape index (κ2) is 6.83. The Kier molecular flexibility index (Phi) is 5.39. The van der Waals surface area contributed by atoms with Gasteiger partial charge in [-0.05, 0) is 43.4 Å². The summed E-state index contributed by atoms with van der Waals surface area (Å²) in [6.07, 6.45) is 5.22. The number of benzene rings is 1. The molecule has 2 nitrogen and oxygen atoms in total. The van der Waals surface area contributed by atoms with E-state index in [1.54, 1.807) is 6.26 Å². The fourth-order valence-electron chi connectivity index (χ4n) is 2.43. The highest BCUT2D eigenvalue weighted by molar-refractivity contribution is 9.10. The van der Waals surface area contributed by atoms with E-state index in [0.717, 1.165) is 18.7 Å². The molecule has 1 aromatic carbocycles. The van der Waals surface area contributed by atoms with Crippen molar-refractivity contribution in [3.8, 4) is 0 Å². The summed E-state index contributed by atoms with van der Waals surface area (Å²) >= 11 is 3.62. The van der Waals surface area contributed by atoms with Gasteiger partial charge in [0.05, 0.1) is 0 Å². The van der Waals surface area contributed by atoms with Crippen molar-refractivity contribution >= 4 is 26.7 Å². The molecular weight excluding hydrogens is 310 g/mol. The molecule has 1 atom stereocenters. The molecule has 0 aromatic heterocycles. The maximum atomic E-state index is 10.9. The fourth-order valence-corrected chi connectivity index (χ4v) is 3.59. The van der Waals surface area contributed by atoms with E-state index in [1.807, 2.05) is 0 Å². The Hall–Kier alpha value is -0.190. The zero-order chi connectivity index (χ0) is 13.0. The first-order chi connectivity index (χ1) is 8.66. The van der Waals surface area contributed by atoms with Gasteiger partial charge in [-0.15, -0.1) is 0 Å². The summed E-state index contributed by atoms with van der Waals surface area (Å²) in [6, 6.07) is 9.15. The molecule has 1 saturated carbocycles. The van der Waals surface area contributed by atoms with Crippen molar-refractivity contribution in [1.82, 2.24) is 5.32 Å². The molecule has 2 rings (SSSR count). The van der Waals surface area contributed by atoms with Crippen molar-refractivity contribution in [1.29, 1.82) is 0 Å². The summed E-state index contributed by atoms with van der Waals surface area (Å²) < 4.78 is 12.2. The van der Waals surface area contributed by atoms with Gasteiger partial charge in [0.1, 0.15) is 0 Å². The lowest BCUT2D eigenvalue weighted by molar-refractivity contribution is 0.291. The molecule has 0 heterocycles. The van der Waals surface area contributed by atoms with E-state index < -0.39 is 10.8 Å². The average Bonchev–Trinajstić information content (AvgIpc) is 2.28. The Morgan fingerprint density at radius 2 is 2.11 bits per heavy atom. The number of hydrogen-bond acceptors (Lipinski definition) is 2. The van der Waals surface area contributed by atoms with Gasteiger partial charge in [0, 0.05) is 33.3 Å². The quantitative estimate of drug-likeness (QED) is 0.813. The first kappa shape index (κ1) is 14.2. The van der Waals surface area contributed by atoms with Gasteiger partial charge in [0.25, 0.3) is 0 Å². The minimum Gasteiger partial charge on any atom is -0.314 e. The predicted octanol–water partition coefficient (Wildman–Crippen LogP) is 3.05. The van der Waals surface area contributed by atoms with Crippen LogP contribution in [0.2, 0.25) is 0 Å². The van der Waals surface area contributed by atoms with Crippen LogP contribution in [0.25, 0.3) is 0 Å². The maximum absolute atomic E-state index is 10.9. The van der Waals surface area contributed by atoms with Crippen LogP contribution in [0.1, 0.15) is 30.7 Å². The highest BCUT2D eigenvalue weighted by Crippen LogP contribution is 2.39. The van der Waals surface area contributed by atoms with Crippen LogP contribution in [0.15, 0.2) is 28.7 Å². The van der Waals surface area contributed by atoms with Gasteiger partial charge in [-0.1, -0.05) is 34.1 Å². The third-order valence-corrected chi connectivity index (χ3v) is 5.11. The van der Waals surface area contributed by atoms with Crippen molar-refractivity contribution in [2.45, 2.75) is 31.2 Å². The summed E-state index contributed by atoms with van der Waals surface area (Å²) in [6.45, 7) is 0.993. The summed E-state index contributed by atoms with van der Waals surface area (Å²) in [7, 11) is -0.650. The number of rotatable bonds is 6. The summed E-state index contributed by atoms with van der Waals surface area (Å²) in [5.41, 5.74) is 1.44. The van der Waals surface area contributed by atoms with Crippen LogP contribution in [0.5, 0.6) is 0 Å². The Morgan fingerprint density at radius 1 is 1.39 bits per heavy atom. The van der Waals surface area contributed by atoms with Gasteiger partial charge in [-0.2, -0.15) is 0 Å². The molecule has 1 aromatic rings. The number of hydrogen-bond donors (Lipinski definition) is 1. The molecule has 0 aliphatic heterocycles. The topological polar surface area (TPSA) is 29.1 Å². The zero-order valence-corrected chi connectivity index (χ0v) is 13.1. The van der Waals surface area contributed by atoms with Crippen molar-refractivity contribution in [2.75, 3.05) is 18.6 Å². The molecule has 0 spiro atoms. The van der Waals surface area contributed by atoms with Gasteiger partial charge < -0.3 is 5.32 Å². The van der Waals surface area contributed by atoms with Crippen LogP contribution in [0.3, 0.4) is 0 Å². The SMILES string of the molecule is CS(=O)CCCNC1CC(c2ccccc2Br)C1. The molecule has 1 N–H and O–H groups in total. The van der Waals surface area contributed by atoms with E-state index >= 15 is 0 Å². The number of nitrogens with one attached hydrogen (secondary N) is 1. The Labute approximate surface area is 120 Å². The van der Waals surface area contributed by atoms with Crippen molar-refractivity contribution in [2.24, 2.45) is 0 Å². The lowest BCUT2D eigenvalue weighted by Crippen LogP contribution is -2.40. The second-order valence-electron chi connectivity index (χ2n) is 4.97. The first-order valence-corrected chi connectivity index (χ1v) is 8.96. The largest absolute Gasteiger partial charge is 0.314 e. The van der Waals surface area contributed by atoms with Crippen molar-refractivity contribution in [3.05, 3.63) is 34.3 Å². The molecule has 4 heteroatoms. The molecule has 0 bridgehead atoms. The average molecular weight is 330 g/mol. The lowest BCUT2D eigenvalue weighted by atomic mass is 9.76. The number of halogens is 1. The summed E-state index contributed by atoms with van der Waals surface area (Å²) in [4.78, 5) is 0. The predicted molar refractivity (Wildman–Crippen MR) is 81.5 cm³/mol. The summed E-state index contributed by atoms with van der Waals surface area (Å²) in [5, 5.41) is 3.54. The van der Waals surface area contributed by atoms with Crippen LogP contribution in [0, 0.1) is 0 Å². The maximum Gasteiger partial charge on any atom is 0.0244 e. The molecular formula is C14H20BrNOS. The molecule has 1 aliphatic rings. The van der Waals surface area contributed by atoms with Gasteiger partial charge in [-0.3, -0.25) is 4.21 Å². The molecule has 0 saturated heterocycles. The Bertz CT molecular complexity index is 418. The monoisotopic (exact) mass is 329 g/mol. The van der Waals surface area contributed by atoms with Gasteiger partial charge >= 0.3 is 0 Å². The van der Waals surface area contributed by atoms with E-state index in [1.165, 1.54) is 22.9 Å². The normalized spacial score (nSPS) is 24.6. The van der Waals surface area contributed by atoms with E-state index in [9.17, 15) is 4.21 Å². The highest BCUT2D eigenvalue weighted by atomic mass is 79.9. The molecule has 1 unspecified atom stereocenters. The Balaban J connectivity index is 1.68. The van der Waals surface area contributed by atoms with E-state index in [2.05, 4.69) is 45.5 Å². The van der Waals surface area contributed by atoms with Crippen LogP contribution in [0.4, 0.5) is 0 Å². The van der Waals surface area contributed by atoms with E-state index in [4.69, 9.17) is 0 Å². The smallest absolute Gasteiger partial charge is 0.0244 e. The highest BCUT2D eigenvalue weighted by Gasteiger charge is 2.30. The van der Waals surface area contributed by atoms with Crippen LogP contribution >= 0.6 is 15.9 Å². The van der Waals surface area contributed by atoms with Gasteiger partial charge in [0.2, 0.25) is 0 Å². The Morgan fingerprint density at radius 3 is 2.78 bits per heavy atom. The first-order valence-electron chi connectivity index (χ1n) is 6.44. The van der Waals surface area contributed by atoms with E-state index in [0.29, 0.717) is 12.0 Å². The molecule has 1 aliphatic carbocycles. The molecule has 0 amide bonds. The van der Waals surface area contributed by atoms with E-state index in [-0.39, 0.29) is 0 Å². The minimum atomic E-state index is -0.650. The second-order valence-corrected chi connectivity index (χ2v) is 7.38. The third kappa shape index (κ3) is 3.90. The van der Waals surface area contributed by atoms with Crippen LogP contribution in [-0.4, -0.2) is 28.8 Å². The molecule has 1 fully saturated rings. The van der Waals surface area contributed by atoms with Crippen LogP contribution in [-0.2, 0) is 10.8 Å². The molecule has 18 heavy (non-hydrogen) atoms. The summed E-state index contributed by atoms with van der Waals surface area (Å²) in [5.74, 6) is 1.51. The van der Waals surface area contributed by atoms with Crippen molar-refractivity contribution in [3.63, 3.8) is 0 Å². The molecule has 100 valence electrons.